The van der Waals surface area contributed by atoms with Gasteiger partial charge in [-0.25, -0.2) is 0 Å². The number of nitrogens with one attached hydrogen (secondary N) is 1. The maximum absolute atomic E-state index is 9.05. The topological polar surface area (TPSA) is 110 Å². The monoisotopic (exact) mass is 298 g/mol. The van der Waals surface area contributed by atoms with Gasteiger partial charge < -0.3 is 27.6 Å². The van der Waals surface area contributed by atoms with Gasteiger partial charge in [-0.2, -0.15) is 0 Å². The summed E-state index contributed by atoms with van der Waals surface area (Å²) in [6.07, 6.45) is 4.39. The molecule has 0 spiro atoms. The molecule has 0 bridgehead atoms. The van der Waals surface area contributed by atoms with Crippen LogP contribution in [0.2, 0.25) is 0 Å². The van der Waals surface area contributed by atoms with Crippen LogP contribution in [0.5, 0.6) is 0 Å². The Morgan fingerprint density at radius 2 is 1.86 bits per heavy atom. The number of rotatable bonds is 6. The highest BCUT2D eigenvalue weighted by atomic mass is 16.2. The van der Waals surface area contributed by atoms with Crippen LogP contribution in [-0.4, -0.2) is 18.3 Å². The Kier molecular flexibility index (Phi) is 5.27. The van der Waals surface area contributed by atoms with Crippen molar-refractivity contribution in [2.75, 3.05) is 35.7 Å². The molecule has 22 heavy (non-hydrogen) atoms. The number of nitrogen functional groups attached to an aromatic ring is 3. The quantitative estimate of drug-likeness (QED) is 0.524. The van der Waals surface area contributed by atoms with Crippen LogP contribution in [0.4, 0.5) is 22.7 Å². The van der Waals surface area contributed by atoms with Crippen LogP contribution in [0.15, 0.2) is 42.5 Å². The van der Waals surface area contributed by atoms with E-state index in [0.29, 0.717) is 24.3 Å². The maximum Gasteiger partial charge on any atom is 0.0472 e. The van der Waals surface area contributed by atoms with Crippen LogP contribution in [0.3, 0.4) is 0 Å². The lowest BCUT2D eigenvalue weighted by Gasteiger charge is -2.09. The average Bonchev–Trinajstić information content (AvgIpc) is 2.48. The maximum atomic E-state index is 9.05. The second-order valence-electron chi connectivity index (χ2n) is 5.07. The van der Waals surface area contributed by atoms with Gasteiger partial charge in [-0.1, -0.05) is 18.2 Å². The zero-order valence-electron chi connectivity index (χ0n) is 12.4. The van der Waals surface area contributed by atoms with Gasteiger partial charge in [0.15, 0.2) is 0 Å². The van der Waals surface area contributed by atoms with Crippen LogP contribution in [0, 0.1) is 0 Å². The highest BCUT2D eigenvalue weighted by molar-refractivity contribution is 5.72. The summed E-state index contributed by atoms with van der Waals surface area (Å²) in [4.78, 5) is 0. The molecule has 116 valence electrons. The van der Waals surface area contributed by atoms with Crippen LogP contribution in [0.25, 0.3) is 6.08 Å². The Hall–Kier alpha value is -2.66. The molecule has 0 aliphatic rings. The van der Waals surface area contributed by atoms with E-state index in [1.807, 2.05) is 42.5 Å². The van der Waals surface area contributed by atoms with Gasteiger partial charge in [0.2, 0.25) is 0 Å². The van der Waals surface area contributed by atoms with Crippen molar-refractivity contribution in [3.63, 3.8) is 0 Å². The van der Waals surface area contributed by atoms with E-state index < -0.39 is 0 Å². The molecule has 0 radical (unpaired) electrons. The average molecular weight is 298 g/mol. The van der Waals surface area contributed by atoms with E-state index in [0.717, 1.165) is 22.5 Å². The Morgan fingerprint density at radius 1 is 1.05 bits per heavy atom. The van der Waals surface area contributed by atoms with Crippen LogP contribution in [-0.2, 0) is 6.42 Å². The van der Waals surface area contributed by atoms with Crippen LogP contribution in [0.1, 0.15) is 11.1 Å². The van der Waals surface area contributed by atoms with Crippen molar-refractivity contribution < 1.29 is 5.11 Å². The fourth-order valence-corrected chi connectivity index (χ4v) is 2.24. The summed E-state index contributed by atoms with van der Waals surface area (Å²) in [5.41, 5.74) is 22.4. The van der Waals surface area contributed by atoms with E-state index in [2.05, 4.69) is 5.32 Å². The minimum atomic E-state index is 0.0494. The molecule has 0 aliphatic carbocycles. The summed E-state index contributed by atoms with van der Waals surface area (Å²) in [6.45, 7) is 0.695. The lowest BCUT2D eigenvalue weighted by molar-refractivity contribution is 0.300. The Morgan fingerprint density at radius 3 is 2.59 bits per heavy atom. The molecule has 5 nitrogen and oxygen atoms in total. The number of benzene rings is 2. The van der Waals surface area contributed by atoms with Gasteiger partial charge in [-0.15, -0.1) is 0 Å². The molecule has 2 rings (SSSR count). The number of aliphatic hydroxyl groups excluding tert-OH is 1. The van der Waals surface area contributed by atoms with Gasteiger partial charge in [0.1, 0.15) is 0 Å². The normalized spacial score (nSPS) is 11.0. The van der Waals surface area contributed by atoms with E-state index in [4.69, 9.17) is 22.3 Å². The van der Waals surface area contributed by atoms with Crippen molar-refractivity contribution in [3.8, 4) is 0 Å². The van der Waals surface area contributed by atoms with Crippen molar-refractivity contribution in [2.45, 2.75) is 6.42 Å². The number of nitrogens with two attached hydrogens (primary N) is 3. The second-order valence-corrected chi connectivity index (χ2v) is 5.07. The van der Waals surface area contributed by atoms with Crippen molar-refractivity contribution in [1.29, 1.82) is 0 Å². The first kappa shape index (κ1) is 15.7. The first-order chi connectivity index (χ1) is 10.6. The fraction of sp³-hybridized carbons (Fsp3) is 0.176. The smallest absolute Gasteiger partial charge is 0.0472 e. The minimum Gasteiger partial charge on any atom is -0.399 e. The van der Waals surface area contributed by atoms with Crippen molar-refractivity contribution >= 4 is 28.8 Å². The number of anilines is 4. The van der Waals surface area contributed by atoms with Gasteiger partial charge in [-0.3, -0.25) is 0 Å². The largest absolute Gasteiger partial charge is 0.399 e. The standard InChI is InChI=1S/C17H22N4O/c18-14-4-1-5-16(11-14)21-7-2-3-12-9-15(19)10-13(6-8-22)17(12)20/h1-5,9-11,21-22H,6-8,18-20H2. The van der Waals surface area contributed by atoms with E-state index in [1.165, 1.54) is 0 Å². The molecule has 5 heteroatoms. The molecule has 8 N–H and O–H groups in total. The second kappa shape index (κ2) is 7.38. The predicted molar refractivity (Wildman–Crippen MR) is 94.4 cm³/mol. The summed E-state index contributed by atoms with van der Waals surface area (Å²) in [5.74, 6) is 0. The summed E-state index contributed by atoms with van der Waals surface area (Å²) < 4.78 is 0. The number of hydrogen-bond donors (Lipinski definition) is 5. The van der Waals surface area contributed by atoms with Gasteiger partial charge in [-0.05, 0) is 47.9 Å². The highest BCUT2D eigenvalue weighted by Gasteiger charge is 2.04. The Labute approximate surface area is 130 Å². The zero-order chi connectivity index (χ0) is 15.9. The number of hydrogen-bond acceptors (Lipinski definition) is 5. The third-order valence-electron chi connectivity index (χ3n) is 3.31. The van der Waals surface area contributed by atoms with E-state index >= 15 is 0 Å². The minimum absolute atomic E-state index is 0.0494. The molecule has 0 aliphatic heterocycles. The van der Waals surface area contributed by atoms with E-state index in [-0.39, 0.29) is 6.61 Å². The fourth-order valence-electron chi connectivity index (χ4n) is 2.24. The lowest BCUT2D eigenvalue weighted by Crippen LogP contribution is -2.02. The third-order valence-corrected chi connectivity index (χ3v) is 3.31. The molecule has 0 fully saturated rings. The molecule has 0 unspecified atom stereocenters. The molecule has 2 aromatic carbocycles. The molecule has 0 atom stereocenters. The van der Waals surface area contributed by atoms with Crippen LogP contribution >= 0.6 is 0 Å². The SMILES string of the molecule is Nc1cccc(NCC=Cc2cc(N)cc(CCO)c2N)c1. The van der Waals surface area contributed by atoms with Crippen LogP contribution < -0.4 is 22.5 Å². The van der Waals surface area contributed by atoms with Gasteiger partial charge >= 0.3 is 0 Å². The summed E-state index contributed by atoms with van der Waals surface area (Å²) >= 11 is 0. The van der Waals surface area contributed by atoms with Gasteiger partial charge in [0, 0.05) is 35.9 Å². The predicted octanol–water partition coefficient (Wildman–Crippen LogP) is 2.09. The molecule has 0 amide bonds. The molecule has 0 heterocycles. The first-order valence-electron chi connectivity index (χ1n) is 7.15. The molecular weight excluding hydrogens is 276 g/mol. The summed E-state index contributed by atoms with van der Waals surface area (Å²) in [7, 11) is 0. The molecule has 0 aromatic heterocycles. The summed E-state index contributed by atoms with van der Waals surface area (Å²) in [5, 5.41) is 12.3. The first-order valence-corrected chi connectivity index (χ1v) is 7.15. The van der Waals surface area contributed by atoms with Gasteiger partial charge in [0.25, 0.3) is 0 Å². The van der Waals surface area contributed by atoms with Crippen molar-refractivity contribution in [3.05, 3.63) is 53.6 Å². The number of aliphatic hydroxyl groups is 1. The lowest BCUT2D eigenvalue weighted by atomic mass is 10.0. The molecule has 0 saturated carbocycles. The van der Waals surface area contributed by atoms with E-state index in [1.54, 1.807) is 6.07 Å². The molecule has 0 saturated heterocycles. The van der Waals surface area contributed by atoms with E-state index in [9.17, 15) is 0 Å². The molecular formula is C17H22N4O. The zero-order valence-corrected chi connectivity index (χ0v) is 12.4. The molecule has 2 aromatic rings. The Balaban J connectivity index is 2.04. The van der Waals surface area contributed by atoms with Crippen molar-refractivity contribution in [2.24, 2.45) is 0 Å². The van der Waals surface area contributed by atoms with Crippen molar-refractivity contribution in [1.82, 2.24) is 0 Å². The highest BCUT2D eigenvalue weighted by Crippen LogP contribution is 2.23. The van der Waals surface area contributed by atoms with Gasteiger partial charge in [0.05, 0.1) is 0 Å². The Bertz CT molecular complexity index is 668. The summed E-state index contributed by atoms with van der Waals surface area (Å²) in [6, 6.07) is 11.2. The third kappa shape index (κ3) is 4.17.